The predicted molar refractivity (Wildman–Crippen MR) is 69.2 cm³/mol. The Morgan fingerprint density at radius 1 is 1.24 bits per heavy atom. The Kier molecular flexibility index (Phi) is 2.97. The molecule has 2 heterocycles. The molecule has 0 N–H and O–H groups in total. The predicted octanol–water partition coefficient (Wildman–Crippen LogP) is 3.31. The molecule has 17 heavy (non-hydrogen) atoms. The van der Waals surface area contributed by atoms with Crippen LogP contribution in [0.1, 0.15) is 29.6 Å². The molecule has 3 heteroatoms. The molecule has 0 aromatic heterocycles. The summed E-state index contributed by atoms with van der Waals surface area (Å²) < 4.78 is 11.5. The molecule has 1 saturated heterocycles. The summed E-state index contributed by atoms with van der Waals surface area (Å²) in [4.78, 5) is 12.2. The fraction of sp³-hybridized carbons (Fsp3) is 0.500. The minimum atomic E-state index is -1.14. The molecule has 0 bridgehead atoms. The van der Waals surface area contributed by atoms with Gasteiger partial charge in [0.1, 0.15) is 0 Å². The van der Waals surface area contributed by atoms with Crippen LogP contribution in [-0.4, -0.2) is 32.8 Å². The normalized spacial score (nSPS) is 22.2. The molecule has 0 atom stereocenters. The van der Waals surface area contributed by atoms with E-state index < -0.39 is 21.4 Å². The average Bonchev–Trinajstić information content (AvgIpc) is 2.34. The van der Waals surface area contributed by atoms with Crippen LogP contribution in [0.15, 0.2) is 24.3 Å². The van der Waals surface area contributed by atoms with Crippen LogP contribution in [0.25, 0.3) is 0 Å². The Labute approximate surface area is 110 Å². The number of carbonyl (C=O) groups excluding carboxylic acids is 1. The van der Waals surface area contributed by atoms with Crippen molar-refractivity contribution in [2.75, 3.05) is 0 Å². The second kappa shape index (κ2) is 4.34. The van der Waals surface area contributed by atoms with Crippen LogP contribution >= 0.6 is 0 Å². The first-order valence-electron chi connectivity index (χ1n) is 6.50. The Hall–Kier alpha value is -0.440. The van der Waals surface area contributed by atoms with Crippen molar-refractivity contribution in [1.82, 2.24) is 0 Å². The molecule has 2 nitrogen and oxygen atoms in total. The number of ketones is 1. The molecule has 1 spiro atoms. The monoisotopic (exact) mass is 332 g/mol. The standard InChI is InChI=1S/C13H14O2.CH3.In/c1-3-13(4-2)9-11(14)10-7-5-6-8-12(10)15-13;;/h5-8H,1-4,9H2;1H3;. The second-order valence-electron chi connectivity index (χ2n) is 5.56. The van der Waals surface area contributed by atoms with Gasteiger partial charge in [-0.2, -0.15) is 0 Å². The van der Waals surface area contributed by atoms with Crippen LogP contribution in [0.3, 0.4) is 0 Å². The molecule has 0 unspecified atom stereocenters. The van der Waals surface area contributed by atoms with E-state index in [1.165, 1.54) is 8.35 Å². The Morgan fingerprint density at radius 3 is 2.71 bits per heavy atom. The van der Waals surface area contributed by atoms with Gasteiger partial charge in [0.15, 0.2) is 0 Å². The minimum absolute atomic E-state index is 0.144. The van der Waals surface area contributed by atoms with E-state index in [1.54, 1.807) is 0 Å². The van der Waals surface area contributed by atoms with Gasteiger partial charge < -0.3 is 0 Å². The van der Waals surface area contributed by atoms with E-state index >= 15 is 0 Å². The number of Topliss-reactive ketones (excluding diaryl/α,β-unsaturated/α-hetero) is 1. The van der Waals surface area contributed by atoms with Gasteiger partial charge in [0, 0.05) is 0 Å². The van der Waals surface area contributed by atoms with Crippen molar-refractivity contribution in [3.63, 3.8) is 0 Å². The van der Waals surface area contributed by atoms with E-state index in [2.05, 4.69) is 4.68 Å². The van der Waals surface area contributed by atoms with E-state index in [4.69, 9.17) is 4.74 Å². The molecule has 1 fully saturated rings. The third-order valence-electron chi connectivity index (χ3n) is 4.18. The van der Waals surface area contributed by atoms with Crippen molar-refractivity contribution in [2.45, 2.75) is 37.9 Å². The molecule has 0 radical (unpaired) electrons. The van der Waals surface area contributed by atoms with Crippen molar-refractivity contribution >= 4 is 27.2 Å². The number of ether oxygens (including phenoxy) is 1. The summed E-state index contributed by atoms with van der Waals surface area (Å²) in [7, 11) is 0. The van der Waals surface area contributed by atoms with Gasteiger partial charge in [0.05, 0.1) is 0 Å². The Balaban J connectivity index is 1.91. The third kappa shape index (κ3) is 2.14. The molecule has 1 aromatic rings. The first-order valence-corrected chi connectivity index (χ1v) is 14.5. The quantitative estimate of drug-likeness (QED) is 0.729. The van der Waals surface area contributed by atoms with Crippen molar-refractivity contribution in [3.05, 3.63) is 29.8 Å². The van der Waals surface area contributed by atoms with E-state index in [-0.39, 0.29) is 11.4 Å². The zero-order chi connectivity index (χ0) is 11.9. The van der Waals surface area contributed by atoms with Gasteiger partial charge in [0.25, 0.3) is 0 Å². The molecular formula is C14H17InO2. The second-order valence-corrected chi connectivity index (χ2v) is 15.2. The van der Waals surface area contributed by atoms with Gasteiger partial charge in [-0.3, -0.25) is 0 Å². The third-order valence-corrected chi connectivity index (χ3v) is 11.5. The zero-order valence-electron chi connectivity index (χ0n) is 10.2. The summed E-state index contributed by atoms with van der Waals surface area (Å²) >= 11 is -1.14. The van der Waals surface area contributed by atoms with Crippen molar-refractivity contribution in [3.8, 4) is 5.75 Å². The van der Waals surface area contributed by atoms with Gasteiger partial charge in [0.2, 0.25) is 0 Å². The number of hydrogen-bond acceptors (Lipinski definition) is 2. The number of benzene rings is 1. The van der Waals surface area contributed by atoms with Gasteiger partial charge in [-0.15, -0.1) is 0 Å². The van der Waals surface area contributed by atoms with Crippen molar-refractivity contribution < 1.29 is 9.53 Å². The fourth-order valence-electron chi connectivity index (χ4n) is 3.01. The van der Waals surface area contributed by atoms with Crippen LogP contribution in [0.5, 0.6) is 5.75 Å². The molecule has 0 saturated carbocycles. The molecule has 0 amide bonds. The van der Waals surface area contributed by atoms with Crippen molar-refractivity contribution in [1.29, 1.82) is 0 Å². The number of carbonyl (C=O) groups is 1. The topological polar surface area (TPSA) is 26.3 Å². The summed E-state index contributed by atoms with van der Waals surface area (Å²) in [5, 5.41) is 0. The van der Waals surface area contributed by atoms with Gasteiger partial charge in [-0.25, -0.2) is 0 Å². The van der Waals surface area contributed by atoms with E-state index in [0.717, 1.165) is 24.2 Å². The summed E-state index contributed by atoms with van der Waals surface area (Å²) in [6.07, 6.45) is 2.83. The van der Waals surface area contributed by atoms with Crippen molar-refractivity contribution in [2.24, 2.45) is 0 Å². The first-order chi connectivity index (χ1) is 8.19. The SMILES string of the molecule is [CH3][In]1[CH2]CC2(C[CH2]1)CC(=O)c1ccccc1O2. The zero-order valence-corrected chi connectivity index (χ0v) is 13.5. The molecule has 3 rings (SSSR count). The molecule has 2 aliphatic heterocycles. The summed E-state index contributed by atoms with van der Waals surface area (Å²) in [5.74, 6) is 1.09. The van der Waals surface area contributed by atoms with Crippen LogP contribution < -0.4 is 4.74 Å². The maximum atomic E-state index is 12.2. The van der Waals surface area contributed by atoms with Crippen LogP contribution in [0.4, 0.5) is 0 Å². The van der Waals surface area contributed by atoms with E-state index in [1.807, 2.05) is 24.3 Å². The van der Waals surface area contributed by atoms with E-state index in [0.29, 0.717) is 6.42 Å². The number of fused-ring (bicyclic) bond motifs is 1. The van der Waals surface area contributed by atoms with Crippen LogP contribution in [0, 0.1) is 0 Å². The van der Waals surface area contributed by atoms with Gasteiger partial charge in [-0.1, -0.05) is 0 Å². The average molecular weight is 332 g/mol. The van der Waals surface area contributed by atoms with E-state index in [9.17, 15) is 4.79 Å². The summed E-state index contributed by atoms with van der Waals surface area (Å²) in [6.45, 7) is 0. The van der Waals surface area contributed by atoms with Crippen LogP contribution in [-0.2, 0) is 0 Å². The number of para-hydroxylation sites is 1. The fourth-order valence-corrected chi connectivity index (χ4v) is 9.65. The summed E-state index contributed by atoms with van der Waals surface area (Å²) in [6, 6.07) is 7.69. The summed E-state index contributed by atoms with van der Waals surface area (Å²) in [5.41, 5.74) is 0.634. The molecular weight excluding hydrogens is 315 g/mol. The molecule has 1 aromatic carbocycles. The Morgan fingerprint density at radius 2 is 1.94 bits per heavy atom. The van der Waals surface area contributed by atoms with Crippen LogP contribution in [0.2, 0.25) is 13.0 Å². The maximum absolute atomic E-state index is 12.2. The number of hydrogen-bond donors (Lipinski definition) is 0. The first kappa shape index (κ1) is 11.6. The number of rotatable bonds is 0. The molecule has 88 valence electrons. The molecule has 2 aliphatic rings. The van der Waals surface area contributed by atoms with Gasteiger partial charge >= 0.3 is 110 Å². The Bertz CT molecular complexity index is 447. The van der Waals surface area contributed by atoms with Gasteiger partial charge in [-0.05, 0) is 0 Å². The molecule has 0 aliphatic carbocycles.